The fourth-order valence-electron chi connectivity index (χ4n) is 2.49. The minimum atomic E-state index is -3.91. The Labute approximate surface area is 129 Å². The summed E-state index contributed by atoms with van der Waals surface area (Å²) in [6.45, 7) is 1.44. The van der Waals surface area contributed by atoms with Crippen LogP contribution in [-0.2, 0) is 9.05 Å². The van der Waals surface area contributed by atoms with Crippen LogP contribution in [0.2, 0.25) is 0 Å². The summed E-state index contributed by atoms with van der Waals surface area (Å²) in [5.74, 6) is -0.137. The zero-order chi connectivity index (χ0) is 15.6. The second-order valence-electron chi connectivity index (χ2n) is 5.37. The third-order valence-corrected chi connectivity index (χ3v) is 4.95. The molecule has 2 rings (SSSR count). The maximum Gasteiger partial charge on any atom is 0.263 e. The maximum absolute atomic E-state index is 12.4. The zero-order valence-electron chi connectivity index (χ0n) is 12.2. The quantitative estimate of drug-likeness (QED) is 0.798. The maximum atomic E-state index is 12.4. The molecule has 1 fully saturated rings. The lowest BCUT2D eigenvalue weighted by Crippen LogP contribution is -2.35. The number of piperidine rings is 1. The van der Waals surface area contributed by atoms with E-state index < -0.39 is 9.05 Å². The van der Waals surface area contributed by atoms with Gasteiger partial charge in [0.2, 0.25) is 0 Å². The van der Waals surface area contributed by atoms with Crippen molar-refractivity contribution in [2.24, 2.45) is 0 Å². The minimum Gasteiger partial charge on any atom is -0.377 e. The molecule has 1 aromatic carbocycles. The van der Waals surface area contributed by atoms with Crippen LogP contribution in [0.5, 0.6) is 0 Å². The lowest BCUT2D eigenvalue weighted by Gasteiger charge is -2.27. The Morgan fingerprint density at radius 3 is 2.33 bits per heavy atom. The van der Waals surface area contributed by atoms with Gasteiger partial charge in [-0.05, 0) is 37.5 Å². The normalized spacial score (nSPS) is 15.9. The molecule has 0 atom stereocenters. The predicted octanol–water partition coefficient (Wildman–Crippen LogP) is 2.31. The number of anilines is 1. The fourth-order valence-corrected chi connectivity index (χ4v) is 3.63. The van der Waals surface area contributed by atoms with Gasteiger partial charge in [-0.3, -0.25) is 4.79 Å². The van der Waals surface area contributed by atoms with Crippen LogP contribution in [0.1, 0.15) is 29.6 Å². The molecule has 1 heterocycles. The number of halogens is 1. The van der Waals surface area contributed by atoms with Gasteiger partial charge in [-0.25, -0.2) is 8.42 Å². The summed E-state index contributed by atoms with van der Waals surface area (Å²) in [7, 11) is 5.04. The fraction of sp³-hybridized carbons (Fsp3) is 0.500. The van der Waals surface area contributed by atoms with Gasteiger partial charge in [0.05, 0.1) is 5.69 Å². The number of nitrogens with zero attached hydrogens (tertiary/aromatic N) is 2. The van der Waals surface area contributed by atoms with Gasteiger partial charge in [-0.1, -0.05) is 0 Å². The van der Waals surface area contributed by atoms with E-state index in [1.54, 1.807) is 36.0 Å². The average Bonchev–Trinajstić information content (AvgIpc) is 2.45. The largest absolute Gasteiger partial charge is 0.377 e. The summed E-state index contributed by atoms with van der Waals surface area (Å²) < 4.78 is 23.4. The Bertz CT molecular complexity index is 638. The van der Waals surface area contributed by atoms with Crippen molar-refractivity contribution in [3.63, 3.8) is 0 Å². The van der Waals surface area contributed by atoms with E-state index in [0.717, 1.165) is 32.4 Å². The molecule has 0 N–H and O–H groups in total. The molecule has 116 valence electrons. The Hall–Kier alpha value is -1.27. The molecule has 1 aliphatic heterocycles. The smallest absolute Gasteiger partial charge is 0.263 e. The van der Waals surface area contributed by atoms with Crippen LogP contribution in [0.3, 0.4) is 0 Å². The topological polar surface area (TPSA) is 57.7 Å². The monoisotopic (exact) mass is 330 g/mol. The van der Waals surface area contributed by atoms with Gasteiger partial charge in [-0.2, -0.15) is 0 Å². The van der Waals surface area contributed by atoms with Crippen molar-refractivity contribution in [2.45, 2.75) is 24.2 Å². The molecule has 5 nitrogen and oxygen atoms in total. The molecule has 0 aromatic heterocycles. The molecule has 1 saturated heterocycles. The summed E-state index contributed by atoms with van der Waals surface area (Å²) >= 11 is 0. The minimum absolute atomic E-state index is 0.0305. The Balaban J connectivity index is 2.39. The third kappa shape index (κ3) is 3.68. The molecule has 1 aliphatic rings. The highest BCUT2D eigenvalue weighted by molar-refractivity contribution is 8.13. The third-order valence-electron chi connectivity index (χ3n) is 3.59. The number of benzene rings is 1. The van der Waals surface area contributed by atoms with Crippen LogP contribution >= 0.6 is 10.7 Å². The first kappa shape index (κ1) is 16.1. The van der Waals surface area contributed by atoms with Crippen LogP contribution in [0.4, 0.5) is 5.69 Å². The van der Waals surface area contributed by atoms with Crippen molar-refractivity contribution in [2.75, 3.05) is 32.1 Å². The van der Waals surface area contributed by atoms with Gasteiger partial charge in [0, 0.05) is 43.4 Å². The second kappa shape index (κ2) is 6.23. The second-order valence-corrected chi connectivity index (χ2v) is 7.90. The van der Waals surface area contributed by atoms with Crippen molar-refractivity contribution >= 4 is 31.3 Å². The molecule has 1 aromatic rings. The average molecular weight is 331 g/mol. The highest BCUT2D eigenvalue weighted by Gasteiger charge is 2.23. The van der Waals surface area contributed by atoms with Gasteiger partial charge in [0.1, 0.15) is 4.90 Å². The summed E-state index contributed by atoms with van der Waals surface area (Å²) in [5, 5.41) is 0. The van der Waals surface area contributed by atoms with Crippen molar-refractivity contribution in [1.29, 1.82) is 0 Å². The van der Waals surface area contributed by atoms with E-state index in [1.165, 1.54) is 6.07 Å². The molecular weight excluding hydrogens is 312 g/mol. The Morgan fingerprint density at radius 1 is 1.19 bits per heavy atom. The highest BCUT2D eigenvalue weighted by Crippen LogP contribution is 2.28. The van der Waals surface area contributed by atoms with Gasteiger partial charge in [0.25, 0.3) is 15.0 Å². The Morgan fingerprint density at radius 2 is 1.81 bits per heavy atom. The van der Waals surface area contributed by atoms with Gasteiger partial charge in [-0.15, -0.1) is 0 Å². The molecular formula is C14H19ClN2O3S. The number of hydrogen-bond donors (Lipinski definition) is 0. The molecule has 0 bridgehead atoms. The predicted molar refractivity (Wildman–Crippen MR) is 83.6 cm³/mol. The van der Waals surface area contributed by atoms with E-state index in [0.29, 0.717) is 11.3 Å². The molecule has 21 heavy (non-hydrogen) atoms. The Kier molecular flexibility index (Phi) is 4.78. The number of hydrogen-bond acceptors (Lipinski definition) is 4. The van der Waals surface area contributed by atoms with Crippen LogP contribution < -0.4 is 4.90 Å². The van der Waals surface area contributed by atoms with Crippen molar-refractivity contribution < 1.29 is 13.2 Å². The lowest BCUT2D eigenvalue weighted by molar-refractivity contribution is 0.0724. The molecule has 0 unspecified atom stereocenters. The van der Waals surface area contributed by atoms with E-state index in [-0.39, 0.29) is 10.8 Å². The van der Waals surface area contributed by atoms with Crippen LogP contribution in [0.25, 0.3) is 0 Å². The molecule has 0 aliphatic carbocycles. The molecule has 0 saturated carbocycles. The summed E-state index contributed by atoms with van der Waals surface area (Å²) in [5.41, 5.74) is 0.835. The van der Waals surface area contributed by atoms with E-state index >= 15 is 0 Å². The first-order valence-corrected chi connectivity index (χ1v) is 9.17. The number of amides is 1. The molecule has 1 amide bonds. The molecule has 0 spiro atoms. The summed E-state index contributed by atoms with van der Waals surface area (Å²) in [4.78, 5) is 15.8. The van der Waals surface area contributed by atoms with Gasteiger partial charge >= 0.3 is 0 Å². The zero-order valence-corrected chi connectivity index (χ0v) is 13.7. The number of likely N-dealkylation sites (tertiary alicyclic amines) is 1. The van der Waals surface area contributed by atoms with Crippen molar-refractivity contribution in [3.8, 4) is 0 Å². The summed E-state index contributed by atoms with van der Waals surface area (Å²) in [6, 6.07) is 4.64. The van der Waals surface area contributed by atoms with E-state index in [9.17, 15) is 13.2 Å². The van der Waals surface area contributed by atoms with Crippen molar-refractivity contribution in [3.05, 3.63) is 23.8 Å². The van der Waals surface area contributed by atoms with Crippen LogP contribution in [0, 0.1) is 0 Å². The lowest BCUT2D eigenvalue weighted by atomic mass is 10.1. The first-order valence-electron chi connectivity index (χ1n) is 6.86. The van der Waals surface area contributed by atoms with Crippen LogP contribution in [0.15, 0.2) is 23.1 Å². The first-order chi connectivity index (χ1) is 9.80. The molecule has 0 radical (unpaired) electrons. The van der Waals surface area contributed by atoms with E-state index in [2.05, 4.69) is 0 Å². The standard InChI is InChI=1S/C14H19ClN2O3S/c1-16(2)12-7-6-11(10-13(12)21(15,19)20)14(18)17-8-4-3-5-9-17/h6-7,10H,3-5,8-9H2,1-2H3. The highest BCUT2D eigenvalue weighted by atomic mass is 35.7. The van der Waals surface area contributed by atoms with E-state index in [1.807, 2.05) is 0 Å². The molecule has 7 heteroatoms. The SMILES string of the molecule is CN(C)c1ccc(C(=O)N2CCCCC2)cc1S(=O)(=O)Cl. The summed E-state index contributed by atoms with van der Waals surface area (Å²) in [6.07, 6.45) is 3.11. The van der Waals surface area contributed by atoms with Gasteiger partial charge in [0.15, 0.2) is 0 Å². The van der Waals surface area contributed by atoms with E-state index in [4.69, 9.17) is 10.7 Å². The van der Waals surface area contributed by atoms with Crippen LogP contribution in [-0.4, -0.2) is 46.4 Å². The number of rotatable bonds is 3. The number of carbonyl (C=O) groups excluding carboxylic acids is 1. The number of carbonyl (C=O) groups is 1. The van der Waals surface area contributed by atoms with Crippen molar-refractivity contribution in [1.82, 2.24) is 4.90 Å². The van der Waals surface area contributed by atoms with Gasteiger partial charge < -0.3 is 9.80 Å².